The van der Waals surface area contributed by atoms with Crippen LogP contribution in [0.5, 0.6) is 0 Å². The summed E-state index contributed by atoms with van der Waals surface area (Å²) in [6.45, 7) is 6.86. The van der Waals surface area contributed by atoms with Crippen LogP contribution in [0.25, 0.3) is 11.6 Å². The fourth-order valence-electron chi connectivity index (χ4n) is 2.48. The van der Waals surface area contributed by atoms with Crippen molar-refractivity contribution in [3.63, 3.8) is 0 Å². The third kappa shape index (κ3) is 5.01. The second-order valence-electron chi connectivity index (χ2n) is 6.54. The van der Waals surface area contributed by atoms with Gasteiger partial charge in [-0.05, 0) is 49.2 Å². The van der Waals surface area contributed by atoms with E-state index in [1.54, 1.807) is 6.26 Å². The highest BCUT2D eigenvalue weighted by Gasteiger charge is 2.22. The van der Waals surface area contributed by atoms with Crippen molar-refractivity contribution >= 4 is 39.3 Å². The SMILES string of the molecule is CC(C)Cn1c(SC(C)C(=O)Nc2ccc(Br)cc2)nnc1-c1ccco1. The molecule has 6 nitrogen and oxygen atoms in total. The number of nitrogens with one attached hydrogen (secondary N) is 1. The lowest BCUT2D eigenvalue weighted by atomic mass is 10.2. The predicted octanol–water partition coefficient (Wildman–Crippen LogP) is 5.08. The molecule has 1 atom stereocenters. The molecule has 1 amide bonds. The number of carbonyl (C=O) groups excluding carboxylic acids is 1. The number of furan rings is 1. The van der Waals surface area contributed by atoms with Gasteiger partial charge in [0.25, 0.3) is 0 Å². The number of halogens is 1. The van der Waals surface area contributed by atoms with Crippen molar-refractivity contribution in [1.29, 1.82) is 0 Å². The van der Waals surface area contributed by atoms with E-state index in [9.17, 15) is 4.79 Å². The molecule has 27 heavy (non-hydrogen) atoms. The molecule has 0 aliphatic carbocycles. The summed E-state index contributed by atoms with van der Waals surface area (Å²) in [5, 5.41) is 11.9. The molecular weight excluding hydrogens is 428 g/mol. The lowest BCUT2D eigenvalue weighted by molar-refractivity contribution is -0.115. The standard InChI is InChI=1S/C19H21BrN4O2S/c1-12(2)11-24-17(16-5-4-10-26-16)22-23-19(24)27-13(3)18(25)21-15-8-6-14(20)7-9-15/h4-10,12-13H,11H2,1-3H3,(H,21,25). The van der Waals surface area contributed by atoms with Crippen molar-refractivity contribution < 1.29 is 9.21 Å². The van der Waals surface area contributed by atoms with Crippen LogP contribution in [0.3, 0.4) is 0 Å². The summed E-state index contributed by atoms with van der Waals surface area (Å²) in [5.41, 5.74) is 0.760. The van der Waals surface area contributed by atoms with Gasteiger partial charge in [-0.2, -0.15) is 0 Å². The average molecular weight is 449 g/mol. The smallest absolute Gasteiger partial charge is 0.237 e. The third-order valence-electron chi connectivity index (χ3n) is 3.77. The largest absolute Gasteiger partial charge is 0.461 e. The number of benzene rings is 1. The van der Waals surface area contributed by atoms with Crippen LogP contribution in [0.15, 0.2) is 56.7 Å². The van der Waals surface area contributed by atoms with Gasteiger partial charge in [0.15, 0.2) is 16.7 Å². The molecule has 0 saturated heterocycles. The molecule has 1 N–H and O–H groups in total. The Bertz CT molecular complexity index is 891. The van der Waals surface area contributed by atoms with E-state index in [-0.39, 0.29) is 11.2 Å². The van der Waals surface area contributed by atoms with E-state index in [1.165, 1.54) is 11.8 Å². The van der Waals surface area contributed by atoms with Gasteiger partial charge in [0.1, 0.15) is 0 Å². The second-order valence-corrected chi connectivity index (χ2v) is 8.77. The molecule has 1 unspecified atom stereocenters. The first-order valence-electron chi connectivity index (χ1n) is 8.64. The Morgan fingerprint density at radius 3 is 2.59 bits per heavy atom. The van der Waals surface area contributed by atoms with E-state index in [1.807, 2.05) is 47.9 Å². The maximum absolute atomic E-state index is 12.6. The summed E-state index contributed by atoms with van der Waals surface area (Å²) in [6.07, 6.45) is 1.62. The molecule has 8 heteroatoms. The zero-order valence-electron chi connectivity index (χ0n) is 15.3. The van der Waals surface area contributed by atoms with Crippen LogP contribution in [0, 0.1) is 5.92 Å². The average Bonchev–Trinajstić information content (AvgIpc) is 3.27. The fourth-order valence-corrected chi connectivity index (χ4v) is 3.61. The molecule has 0 aliphatic rings. The molecular formula is C19H21BrN4O2S. The van der Waals surface area contributed by atoms with Gasteiger partial charge in [-0.15, -0.1) is 10.2 Å². The van der Waals surface area contributed by atoms with Crippen molar-refractivity contribution in [2.45, 2.75) is 37.7 Å². The van der Waals surface area contributed by atoms with Gasteiger partial charge in [0.2, 0.25) is 5.91 Å². The van der Waals surface area contributed by atoms with Crippen LogP contribution in [-0.2, 0) is 11.3 Å². The molecule has 2 heterocycles. The van der Waals surface area contributed by atoms with Crippen LogP contribution in [0.4, 0.5) is 5.69 Å². The Kier molecular flexibility index (Phi) is 6.38. The number of amides is 1. The number of thioether (sulfide) groups is 1. The second kappa shape index (κ2) is 8.75. The molecule has 2 aromatic heterocycles. The van der Waals surface area contributed by atoms with Gasteiger partial charge in [-0.25, -0.2) is 0 Å². The highest BCUT2D eigenvalue weighted by molar-refractivity contribution is 9.10. The minimum atomic E-state index is -0.326. The van der Waals surface area contributed by atoms with Crippen LogP contribution >= 0.6 is 27.7 Å². The zero-order chi connectivity index (χ0) is 19.4. The van der Waals surface area contributed by atoms with Gasteiger partial charge >= 0.3 is 0 Å². The Labute approximate surface area is 170 Å². The Balaban J connectivity index is 1.75. The third-order valence-corrected chi connectivity index (χ3v) is 5.38. The van der Waals surface area contributed by atoms with Gasteiger partial charge in [0.05, 0.1) is 11.5 Å². The normalized spacial score (nSPS) is 12.3. The van der Waals surface area contributed by atoms with Gasteiger partial charge in [-0.3, -0.25) is 9.36 Å². The summed E-state index contributed by atoms with van der Waals surface area (Å²) in [7, 11) is 0. The quantitative estimate of drug-likeness (QED) is 0.510. The summed E-state index contributed by atoms with van der Waals surface area (Å²) in [6, 6.07) is 11.2. The van der Waals surface area contributed by atoms with E-state index >= 15 is 0 Å². The van der Waals surface area contributed by atoms with Crippen molar-refractivity contribution in [1.82, 2.24) is 14.8 Å². The highest BCUT2D eigenvalue weighted by atomic mass is 79.9. The number of hydrogen-bond acceptors (Lipinski definition) is 5. The minimum Gasteiger partial charge on any atom is -0.461 e. The molecule has 0 aliphatic heterocycles. The van der Waals surface area contributed by atoms with E-state index in [4.69, 9.17) is 4.42 Å². The van der Waals surface area contributed by atoms with Crippen LogP contribution in [0.1, 0.15) is 20.8 Å². The van der Waals surface area contributed by atoms with Gasteiger partial charge in [0, 0.05) is 16.7 Å². The number of anilines is 1. The van der Waals surface area contributed by atoms with Crippen LogP contribution < -0.4 is 5.32 Å². The van der Waals surface area contributed by atoms with Gasteiger partial charge < -0.3 is 9.73 Å². The zero-order valence-corrected chi connectivity index (χ0v) is 17.8. The molecule has 1 aromatic carbocycles. The maximum atomic E-state index is 12.6. The lowest BCUT2D eigenvalue weighted by Crippen LogP contribution is -2.23. The highest BCUT2D eigenvalue weighted by Crippen LogP contribution is 2.28. The minimum absolute atomic E-state index is 0.0824. The molecule has 3 aromatic rings. The number of aromatic nitrogens is 3. The topological polar surface area (TPSA) is 73.0 Å². The van der Waals surface area contributed by atoms with E-state index in [2.05, 4.69) is 45.3 Å². The van der Waals surface area contributed by atoms with Crippen molar-refractivity contribution in [3.8, 4) is 11.6 Å². The van der Waals surface area contributed by atoms with Crippen molar-refractivity contribution in [2.75, 3.05) is 5.32 Å². The van der Waals surface area contributed by atoms with E-state index in [0.29, 0.717) is 22.7 Å². The monoisotopic (exact) mass is 448 g/mol. The number of nitrogens with zero attached hydrogens (tertiary/aromatic N) is 3. The number of rotatable bonds is 7. The van der Waals surface area contributed by atoms with E-state index < -0.39 is 0 Å². The molecule has 0 saturated carbocycles. The Hall–Kier alpha value is -2.06. The molecule has 0 spiro atoms. The molecule has 0 bridgehead atoms. The lowest BCUT2D eigenvalue weighted by Gasteiger charge is -2.14. The summed E-state index contributed by atoms with van der Waals surface area (Å²) < 4.78 is 8.46. The van der Waals surface area contributed by atoms with Crippen molar-refractivity contribution in [3.05, 3.63) is 47.1 Å². The first-order valence-corrected chi connectivity index (χ1v) is 10.3. The Morgan fingerprint density at radius 1 is 1.22 bits per heavy atom. The van der Waals surface area contributed by atoms with E-state index in [0.717, 1.165) is 16.7 Å². The number of hydrogen-bond donors (Lipinski definition) is 1. The first-order chi connectivity index (χ1) is 12.9. The van der Waals surface area contributed by atoms with Gasteiger partial charge in [-0.1, -0.05) is 41.5 Å². The summed E-state index contributed by atoms with van der Waals surface area (Å²) in [5.74, 6) is 1.67. The molecule has 0 radical (unpaired) electrons. The summed E-state index contributed by atoms with van der Waals surface area (Å²) >= 11 is 4.78. The van der Waals surface area contributed by atoms with Crippen molar-refractivity contribution in [2.24, 2.45) is 5.92 Å². The Morgan fingerprint density at radius 2 is 1.96 bits per heavy atom. The molecule has 142 valence electrons. The summed E-state index contributed by atoms with van der Waals surface area (Å²) in [4.78, 5) is 12.6. The van der Waals surface area contributed by atoms with Crippen LogP contribution in [0.2, 0.25) is 0 Å². The first kappa shape index (κ1) is 19.7. The molecule has 3 rings (SSSR count). The number of carbonyl (C=O) groups is 1. The maximum Gasteiger partial charge on any atom is 0.237 e. The fraction of sp³-hybridized carbons (Fsp3) is 0.316. The molecule has 0 fully saturated rings. The predicted molar refractivity (Wildman–Crippen MR) is 111 cm³/mol. The van der Waals surface area contributed by atoms with Crippen LogP contribution in [-0.4, -0.2) is 25.9 Å².